The third-order valence-corrected chi connectivity index (χ3v) is 3.38. The summed E-state index contributed by atoms with van der Waals surface area (Å²) >= 11 is 0. The summed E-state index contributed by atoms with van der Waals surface area (Å²) in [4.78, 5) is 11.0. The maximum atomic E-state index is 11.0. The standard InChI is InChI=1S/C14H18N2O2/c1-10(13-7-2-3-8-16(13)15)11-5-4-6-12(9-11)14(17)18/h4-6,9H,2-3,7-8,15H2,1H3,(H,17,18)/b13-10-. The number of hydrogen-bond acceptors (Lipinski definition) is 3. The van der Waals surface area contributed by atoms with E-state index < -0.39 is 5.97 Å². The summed E-state index contributed by atoms with van der Waals surface area (Å²) in [6, 6.07) is 7.00. The molecule has 0 bridgehead atoms. The molecule has 0 amide bonds. The molecular formula is C14H18N2O2. The lowest BCUT2D eigenvalue weighted by Crippen LogP contribution is -2.34. The van der Waals surface area contributed by atoms with E-state index in [1.54, 1.807) is 23.2 Å². The van der Waals surface area contributed by atoms with Crippen molar-refractivity contribution in [3.8, 4) is 0 Å². The van der Waals surface area contributed by atoms with Crippen molar-refractivity contribution >= 4 is 11.5 Å². The second kappa shape index (κ2) is 5.23. The van der Waals surface area contributed by atoms with Crippen LogP contribution in [-0.2, 0) is 0 Å². The molecular weight excluding hydrogens is 228 g/mol. The zero-order valence-corrected chi connectivity index (χ0v) is 10.5. The van der Waals surface area contributed by atoms with Gasteiger partial charge in [-0.3, -0.25) is 0 Å². The molecule has 1 saturated heterocycles. The van der Waals surface area contributed by atoms with Crippen molar-refractivity contribution in [1.82, 2.24) is 5.01 Å². The summed E-state index contributed by atoms with van der Waals surface area (Å²) in [6.45, 7) is 2.87. The van der Waals surface area contributed by atoms with E-state index in [4.69, 9.17) is 10.9 Å². The molecule has 18 heavy (non-hydrogen) atoms. The number of benzene rings is 1. The molecule has 96 valence electrons. The van der Waals surface area contributed by atoms with Crippen LogP contribution in [0.25, 0.3) is 5.57 Å². The minimum atomic E-state index is -0.900. The van der Waals surface area contributed by atoms with Gasteiger partial charge in [0.25, 0.3) is 0 Å². The summed E-state index contributed by atoms with van der Waals surface area (Å²) in [5.74, 6) is 5.07. The molecule has 1 heterocycles. The number of nitrogens with two attached hydrogens (primary N) is 1. The Hall–Kier alpha value is -1.81. The summed E-state index contributed by atoms with van der Waals surface area (Å²) in [5.41, 5.74) is 3.43. The Morgan fingerprint density at radius 2 is 2.06 bits per heavy atom. The molecule has 0 spiro atoms. The SMILES string of the molecule is C/C(=C1\CCCCN1N)c1cccc(C(=O)O)c1. The molecule has 1 fully saturated rings. The number of carboxylic acid groups (broad SMARTS) is 1. The number of carbonyl (C=O) groups is 1. The van der Waals surface area contributed by atoms with Gasteiger partial charge in [-0.25, -0.2) is 10.6 Å². The van der Waals surface area contributed by atoms with Gasteiger partial charge < -0.3 is 10.1 Å². The molecule has 3 N–H and O–H groups in total. The van der Waals surface area contributed by atoms with Crippen molar-refractivity contribution in [3.05, 3.63) is 41.1 Å². The topological polar surface area (TPSA) is 66.6 Å². The van der Waals surface area contributed by atoms with Crippen molar-refractivity contribution in [2.24, 2.45) is 5.84 Å². The van der Waals surface area contributed by atoms with Crippen LogP contribution in [0.1, 0.15) is 42.1 Å². The minimum absolute atomic E-state index is 0.312. The number of hydrogen-bond donors (Lipinski definition) is 2. The van der Waals surface area contributed by atoms with Gasteiger partial charge in [-0.2, -0.15) is 0 Å². The molecule has 1 aliphatic heterocycles. The van der Waals surface area contributed by atoms with Gasteiger partial charge in [-0.05, 0) is 49.5 Å². The van der Waals surface area contributed by atoms with Gasteiger partial charge in [0.15, 0.2) is 0 Å². The third kappa shape index (κ3) is 2.54. The van der Waals surface area contributed by atoms with E-state index in [0.717, 1.165) is 42.6 Å². The molecule has 1 aromatic rings. The van der Waals surface area contributed by atoms with Crippen LogP contribution in [0.3, 0.4) is 0 Å². The maximum Gasteiger partial charge on any atom is 0.335 e. The van der Waals surface area contributed by atoms with E-state index in [-0.39, 0.29) is 0 Å². The normalized spacial score (nSPS) is 18.7. The van der Waals surface area contributed by atoms with Crippen LogP contribution in [0.15, 0.2) is 30.0 Å². The lowest BCUT2D eigenvalue weighted by atomic mass is 9.98. The Balaban J connectivity index is 2.38. The summed E-state index contributed by atoms with van der Waals surface area (Å²) in [5, 5.41) is 10.8. The summed E-state index contributed by atoms with van der Waals surface area (Å²) in [7, 11) is 0. The number of aromatic carboxylic acids is 1. The Bertz CT molecular complexity index is 494. The number of rotatable bonds is 2. The van der Waals surface area contributed by atoms with Crippen molar-refractivity contribution in [2.75, 3.05) is 6.54 Å². The molecule has 2 rings (SSSR count). The average molecular weight is 246 g/mol. The fraction of sp³-hybridized carbons (Fsp3) is 0.357. The van der Waals surface area contributed by atoms with Crippen LogP contribution in [0.4, 0.5) is 0 Å². The second-order valence-corrected chi connectivity index (χ2v) is 4.61. The first-order chi connectivity index (χ1) is 8.59. The minimum Gasteiger partial charge on any atom is -0.478 e. The van der Waals surface area contributed by atoms with E-state index >= 15 is 0 Å². The number of carboxylic acids is 1. The van der Waals surface area contributed by atoms with Crippen molar-refractivity contribution < 1.29 is 9.90 Å². The zero-order valence-electron chi connectivity index (χ0n) is 10.5. The van der Waals surface area contributed by atoms with Gasteiger partial charge in [-0.15, -0.1) is 0 Å². The first-order valence-electron chi connectivity index (χ1n) is 6.15. The number of hydrazine groups is 1. The van der Waals surface area contributed by atoms with Crippen LogP contribution >= 0.6 is 0 Å². The fourth-order valence-electron chi connectivity index (χ4n) is 2.31. The molecule has 4 heteroatoms. The Kier molecular flexibility index (Phi) is 3.67. The molecule has 0 unspecified atom stereocenters. The van der Waals surface area contributed by atoms with Crippen LogP contribution in [0.5, 0.6) is 0 Å². The molecule has 1 aliphatic rings. The Morgan fingerprint density at radius 3 is 2.72 bits per heavy atom. The van der Waals surface area contributed by atoms with Crippen molar-refractivity contribution in [1.29, 1.82) is 0 Å². The number of nitrogens with zero attached hydrogens (tertiary/aromatic N) is 1. The zero-order chi connectivity index (χ0) is 13.1. The molecule has 4 nitrogen and oxygen atoms in total. The molecule has 0 atom stereocenters. The van der Waals surface area contributed by atoms with Gasteiger partial charge >= 0.3 is 5.97 Å². The van der Waals surface area contributed by atoms with Crippen LogP contribution in [0.2, 0.25) is 0 Å². The molecule has 0 saturated carbocycles. The average Bonchev–Trinajstić information content (AvgIpc) is 2.38. The fourth-order valence-corrected chi connectivity index (χ4v) is 2.31. The van der Waals surface area contributed by atoms with Gasteiger partial charge in [0, 0.05) is 12.2 Å². The molecule has 1 aromatic carbocycles. The smallest absolute Gasteiger partial charge is 0.335 e. The summed E-state index contributed by atoms with van der Waals surface area (Å²) < 4.78 is 0. The molecule has 0 radical (unpaired) electrons. The van der Waals surface area contributed by atoms with E-state index in [1.165, 1.54) is 0 Å². The van der Waals surface area contributed by atoms with E-state index in [9.17, 15) is 4.79 Å². The van der Waals surface area contributed by atoms with Gasteiger partial charge in [-0.1, -0.05) is 12.1 Å². The number of piperidine rings is 1. The van der Waals surface area contributed by atoms with E-state index in [2.05, 4.69) is 0 Å². The second-order valence-electron chi connectivity index (χ2n) is 4.61. The first kappa shape index (κ1) is 12.6. The highest BCUT2D eigenvalue weighted by Gasteiger charge is 2.15. The predicted molar refractivity (Wildman–Crippen MR) is 70.7 cm³/mol. The largest absolute Gasteiger partial charge is 0.478 e. The van der Waals surface area contributed by atoms with Crippen LogP contribution in [-0.4, -0.2) is 22.6 Å². The van der Waals surface area contributed by atoms with E-state index in [1.807, 2.05) is 13.0 Å². The van der Waals surface area contributed by atoms with Gasteiger partial charge in [0.1, 0.15) is 0 Å². The Labute approximate surface area is 107 Å². The van der Waals surface area contributed by atoms with Crippen molar-refractivity contribution in [2.45, 2.75) is 26.2 Å². The predicted octanol–water partition coefficient (Wildman–Crippen LogP) is 2.48. The molecule has 0 aliphatic carbocycles. The highest BCUT2D eigenvalue weighted by molar-refractivity contribution is 5.89. The lowest BCUT2D eigenvalue weighted by Gasteiger charge is -2.29. The van der Waals surface area contributed by atoms with Crippen molar-refractivity contribution in [3.63, 3.8) is 0 Å². The number of allylic oxidation sites excluding steroid dienone is 2. The summed E-state index contributed by atoms with van der Waals surface area (Å²) in [6.07, 6.45) is 3.21. The van der Waals surface area contributed by atoms with Gasteiger partial charge in [0.2, 0.25) is 0 Å². The van der Waals surface area contributed by atoms with Crippen LogP contribution < -0.4 is 5.84 Å². The van der Waals surface area contributed by atoms with Crippen LogP contribution in [0, 0.1) is 0 Å². The monoisotopic (exact) mass is 246 g/mol. The lowest BCUT2D eigenvalue weighted by molar-refractivity contribution is 0.0697. The highest BCUT2D eigenvalue weighted by atomic mass is 16.4. The maximum absolute atomic E-state index is 11.0. The van der Waals surface area contributed by atoms with Gasteiger partial charge in [0.05, 0.1) is 5.56 Å². The molecule has 0 aromatic heterocycles. The van der Waals surface area contributed by atoms with E-state index in [0.29, 0.717) is 5.56 Å². The third-order valence-electron chi connectivity index (χ3n) is 3.38. The quantitative estimate of drug-likeness (QED) is 0.787. The highest BCUT2D eigenvalue weighted by Crippen LogP contribution is 2.27. The first-order valence-corrected chi connectivity index (χ1v) is 6.15. The Morgan fingerprint density at radius 1 is 1.33 bits per heavy atom.